The molecule has 3 rings (SSSR count). The van der Waals surface area contributed by atoms with Gasteiger partial charge in [0.15, 0.2) is 5.13 Å². The average molecular weight is 308 g/mol. The molecule has 0 fully saturated rings. The van der Waals surface area contributed by atoms with Crippen molar-refractivity contribution in [3.05, 3.63) is 35.5 Å². The van der Waals surface area contributed by atoms with E-state index in [-0.39, 0.29) is 17.3 Å². The summed E-state index contributed by atoms with van der Waals surface area (Å²) in [6.07, 6.45) is 0.634. The molecule has 0 bridgehead atoms. The van der Waals surface area contributed by atoms with Gasteiger partial charge >= 0.3 is 0 Å². The first-order valence-corrected chi connectivity index (χ1v) is 6.95. The predicted octanol–water partition coefficient (Wildman–Crippen LogP) is 3.28. The van der Waals surface area contributed by atoms with Crippen LogP contribution in [0, 0.1) is 11.6 Å². The third-order valence-electron chi connectivity index (χ3n) is 2.86. The summed E-state index contributed by atoms with van der Waals surface area (Å²) in [5.41, 5.74) is 6.05. The average Bonchev–Trinajstić information content (AvgIpc) is 3.05. The maximum absolute atomic E-state index is 13.7. The van der Waals surface area contributed by atoms with E-state index in [1.807, 2.05) is 6.92 Å². The molecule has 0 atom stereocenters. The van der Waals surface area contributed by atoms with Crippen LogP contribution in [0.5, 0.6) is 0 Å². The summed E-state index contributed by atoms with van der Waals surface area (Å²) < 4.78 is 32.5. The minimum absolute atomic E-state index is 0.144. The first kappa shape index (κ1) is 13.6. The SMILES string of the molecule is CCc1nc(N)sc1-c1nc(-c2c(F)cccc2F)no1. The molecule has 0 aliphatic rings. The Bertz CT molecular complexity index is 779. The van der Waals surface area contributed by atoms with Gasteiger partial charge in [0.25, 0.3) is 5.89 Å². The van der Waals surface area contributed by atoms with Crippen LogP contribution in [-0.2, 0) is 6.42 Å². The molecular weight excluding hydrogens is 298 g/mol. The van der Waals surface area contributed by atoms with Crippen LogP contribution in [0.4, 0.5) is 13.9 Å². The Morgan fingerprint density at radius 3 is 2.62 bits per heavy atom. The molecule has 21 heavy (non-hydrogen) atoms. The number of nitrogen functional groups attached to an aromatic ring is 1. The molecule has 5 nitrogen and oxygen atoms in total. The first-order chi connectivity index (χ1) is 10.1. The van der Waals surface area contributed by atoms with E-state index in [4.69, 9.17) is 10.3 Å². The molecule has 3 aromatic rings. The van der Waals surface area contributed by atoms with Crippen molar-refractivity contribution in [2.24, 2.45) is 0 Å². The fourth-order valence-electron chi connectivity index (χ4n) is 1.91. The zero-order valence-corrected chi connectivity index (χ0v) is 11.7. The molecule has 8 heteroatoms. The molecule has 2 N–H and O–H groups in total. The Hall–Kier alpha value is -2.35. The van der Waals surface area contributed by atoms with Crippen LogP contribution in [0.25, 0.3) is 22.2 Å². The Kier molecular flexibility index (Phi) is 3.38. The Morgan fingerprint density at radius 2 is 1.95 bits per heavy atom. The molecule has 2 heterocycles. The first-order valence-electron chi connectivity index (χ1n) is 6.13. The highest BCUT2D eigenvalue weighted by Crippen LogP contribution is 2.33. The highest BCUT2D eigenvalue weighted by molar-refractivity contribution is 7.18. The second-order valence-corrected chi connectivity index (χ2v) is 5.23. The van der Waals surface area contributed by atoms with Crippen molar-refractivity contribution in [3.8, 4) is 22.2 Å². The van der Waals surface area contributed by atoms with Gasteiger partial charge in [-0.1, -0.05) is 29.5 Å². The molecule has 0 radical (unpaired) electrons. The third-order valence-corrected chi connectivity index (χ3v) is 3.77. The van der Waals surface area contributed by atoms with Gasteiger partial charge < -0.3 is 10.3 Å². The Labute approximate surface area is 122 Å². The van der Waals surface area contributed by atoms with Crippen molar-refractivity contribution < 1.29 is 13.3 Å². The van der Waals surface area contributed by atoms with Gasteiger partial charge in [-0.05, 0) is 18.6 Å². The Morgan fingerprint density at radius 1 is 1.24 bits per heavy atom. The molecule has 0 spiro atoms. The highest BCUT2D eigenvalue weighted by Gasteiger charge is 2.21. The molecule has 0 unspecified atom stereocenters. The van der Waals surface area contributed by atoms with Gasteiger partial charge in [0.1, 0.15) is 16.5 Å². The number of aryl methyl sites for hydroxylation is 1. The van der Waals surface area contributed by atoms with Crippen LogP contribution in [-0.4, -0.2) is 15.1 Å². The van der Waals surface area contributed by atoms with E-state index < -0.39 is 11.6 Å². The molecule has 0 amide bonds. The lowest BCUT2D eigenvalue weighted by molar-refractivity contribution is 0.431. The quantitative estimate of drug-likeness (QED) is 0.803. The van der Waals surface area contributed by atoms with Crippen LogP contribution in [0.1, 0.15) is 12.6 Å². The van der Waals surface area contributed by atoms with Gasteiger partial charge in [-0.15, -0.1) is 0 Å². The third kappa shape index (κ3) is 2.38. The van der Waals surface area contributed by atoms with Gasteiger partial charge in [0, 0.05) is 0 Å². The van der Waals surface area contributed by atoms with Gasteiger partial charge in [-0.25, -0.2) is 13.8 Å². The summed E-state index contributed by atoms with van der Waals surface area (Å²) in [5.74, 6) is -1.49. The standard InChI is InChI=1S/C13H10F2N4OS/c1-2-8-10(21-13(16)17-8)12-18-11(19-20-12)9-6(14)4-3-5-7(9)15/h3-5H,2H2,1H3,(H2,16,17). The van der Waals surface area contributed by atoms with E-state index in [0.717, 1.165) is 12.1 Å². The lowest BCUT2D eigenvalue weighted by Crippen LogP contribution is -1.91. The predicted molar refractivity (Wildman–Crippen MR) is 74.5 cm³/mol. The number of aromatic nitrogens is 3. The second kappa shape index (κ2) is 5.21. The van der Waals surface area contributed by atoms with Crippen LogP contribution in [0.2, 0.25) is 0 Å². The van der Waals surface area contributed by atoms with Gasteiger partial charge in [-0.3, -0.25) is 0 Å². The highest BCUT2D eigenvalue weighted by atomic mass is 32.1. The molecule has 0 saturated carbocycles. The number of benzene rings is 1. The van der Waals surface area contributed by atoms with Crippen molar-refractivity contribution >= 4 is 16.5 Å². The number of anilines is 1. The summed E-state index contributed by atoms with van der Waals surface area (Å²) in [5, 5.41) is 4.01. The molecule has 0 aliphatic heterocycles. The molecule has 2 aromatic heterocycles. The van der Waals surface area contributed by atoms with Crippen LogP contribution in [0.3, 0.4) is 0 Å². The number of rotatable bonds is 3. The van der Waals surface area contributed by atoms with Gasteiger partial charge in [-0.2, -0.15) is 4.98 Å². The Balaban J connectivity index is 2.08. The number of hydrogen-bond donors (Lipinski definition) is 1. The van der Waals surface area contributed by atoms with Crippen LogP contribution in [0.15, 0.2) is 22.7 Å². The van der Waals surface area contributed by atoms with E-state index >= 15 is 0 Å². The van der Waals surface area contributed by atoms with Crippen molar-refractivity contribution in [1.29, 1.82) is 0 Å². The summed E-state index contributed by atoms with van der Waals surface area (Å²) in [6, 6.07) is 3.54. The fraction of sp³-hybridized carbons (Fsp3) is 0.154. The molecule has 0 aliphatic carbocycles. The van der Waals surface area contributed by atoms with Crippen LogP contribution < -0.4 is 5.73 Å². The van der Waals surface area contributed by atoms with E-state index in [1.165, 1.54) is 17.4 Å². The van der Waals surface area contributed by atoms with Gasteiger partial charge in [0.2, 0.25) is 5.82 Å². The summed E-state index contributed by atoms with van der Waals surface area (Å²) in [4.78, 5) is 8.81. The number of nitrogens with zero attached hydrogens (tertiary/aromatic N) is 3. The zero-order valence-electron chi connectivity index (χ0n) is 10.9. The number of halogens is 2. The smallest absolute Gasteiger partial charge is 0.270 e. The van der Waals surface area contributed by atoms with Crippen LogP contribution >= 0.6 is 11.3 Å². The maximum Gasteiger partial charge on any atom is 0.270 e. The van der Waals surface area contributed by atoms with E-state index in [1.54, 1.807) is 0 Å². The lowest BCUT2D eigenvalue weighted by Gasteiger charge is -1.98. The zero-order chi connectivity index (χ0) is 15.0. The van der Waals surface area contributed by atoms with Crippen molar-refractivity contribution in [2.45, 2.75) is 13.3 Å². The molecular formula is C13H10F2N4OS. The molecule has 1 aromatic carbocycles. The largest absolute Gasteiger partial charge is 0.375 e. The lowest BCUT2D eigenvalue weighted by atomic mass is 10.2. The number of hydrogen-bond acceptors (Lipinski definition) is 6. The van der Waals surface area contributed by atoms with Gasteiger partial charge in [0.05, 0.1) is 11.3 Å². The molecule has 0 saturated heterocycles. The van der Waals surface area contributed by atoms with Crippen molar-refractivity contribution in [2.75, 3.05) is 5.73 Å². The minimum atomic E-state index is -0.748. The van der Waals surface area contributed by atoms with E-state index in [2.05, 4.69) is 15.1 Å². The normalized spacial score (nSPS) is 11.0. The van der Waals surface area contributed by atoms with E-state index in [0.29, 0.717) is 22.1 Å². The summed E-state index contributed by atoms with van der Waals surface area (Å²) >= 11 is 1.19. The maximum atomic E-state index is 13.7. The topological polar surface area (TPSA) is 77.8 Å². The number of nitrogens with two attached hydrogens (primary N) is 1. The second-order valence-electron chi connectivity index (χ2n) is 4.20. The van der Waals surface area contributed by atoms with Crippen molar-refractivity contribution in [3.63, 3.8) is 0 Å². The summed E-state index contributed by atoms with van der Waals surface area (Å²) in [7, 11) is 0. The minimum Gasteiger partial charge on any atom is -0.375 e. The fourth-order valence-corrected chi connectivity index (χ4v) is 2.75. The molecule has 108 valence electrons. The van der Waals surface area contributed by atoms with Crippen molar-refractivity contribution in [1.82, 2.24) is 15.1 Å². The monoisotopic (exact) mass is 308 g/mol. The number of thiazole rings is 1. The summed E-state index contributed by atoms with van der Waals surface area (Å²) in [6.45, 7) is 1.91. The van der Waals surface area contributed by atoms with E-state index in [9.17, 15) is 8.78 Å².